The number of hydrogen-bond donors (Lipinski definition) is 1. The van der Waals surface area contributed by atoms with Gasteiger partial charge in [0.1, 0.15) is 18.1 Å². The van der Waals surface area contributed by atoms with Gasteiger partial charge in [-0.1, -0.05) is 12.1 Å². The minimum absolute atomic E-state index is 0.131. The maximum atomic E-state index is 12.5. The minimum atomic E-state index is -0.131. The van der Waals surface area contributed by atoms with Gasteiger partial charge in [0.2, 0.25) is 0 Å². The third kappa shape index (κ3) is 3.11. The number of carbonyl (C=O) groups is 1. The first-order valence-electron chi connectivity index (χ1n) is 8.20. The van der Waals surface area contributed by atoms with Crippen LogP contribution in [0.15, 0.2) is 23.6 Å². The summed E-state index contributed by atoms with van der Waals surface area (Å²) in [6, 6.07) is 5.88. The van der Waals surface area contributed by atoms with Gasteiger partial charge in [0.05, 0.1) is 13.7 Å². The van der Waals surface area contributed by atoms with Crippen molar-refractivity contribution in [2.24, 2.45) is 5.92 Å². The lowest BCUT2D eigenvalue weighted by molar-refractivity contribution is 0.0933. The molecule has 0 radical (unpaired) electrons. The number of thiophene rings is 1. The van der Waals surface area contributed by atoms with E-state index in [0.717, 1.165) is 23.5 Å². The maximum Gasteiger partial charge on any atom is 0.265 e. The zero-order valence-electron chi connectivity index (χ0n) is 13.9. The molecule has 1 amide bonds. The summed E-state index contributed by atoms with van der Waals surface area (Å²) in [5.74, 6) is 2.87. The highest BCUT2D eigenvalue weighted by molar-refractivity contribution is 7.12. The molecular formula is C18H19NO5S. The van der Waals surface area contributed by atoms with Crippen LogP contribution in [0.25, 0.3) is 0 Å². The lowest BCUT2D eigenvalue weighted by Gasteiger charge is -2.26. The van der Waals surface area contributed by atoms with Crippen LogP contribution in [0.1, 0.15) is 15.2 Å². The first-order chi connectivity index (χ1) is 12.3. The Labute approximate surface area is 149 Å². The minimum Gasteiger partial charge on any atom is -0.493 e. The van der Waals surface area contributed by atoms with Crippen molar-refractivity contribution < 1.29 is 23.7 Å². The van der Waals surface area contributed by atoms with Crippen molar-refractivity contribution in [2.45, 2.75) is 6.42 Å². The average Bonchev–Trinajstić information content (AvgIpc) is 3.09. The first-order valence-corrected chi connectivity index (χ1v) is 9.08. The predicted molar refractivity (Wildman–Crippen MR) is 93.3 cm³/mol. The number of amides is 1. The number of carbonyl (C=O) groups excluding carboxylic acids is 1. The molecule has 6 nitrogen and oxygen atoms in total. The molecule has 25 heavy (non-hydrogen) atoms. The SMILES string of the molecule is COc1cccc2c1OC[C@@H](CNC(=O)c1scc3c1OCCO3)C2. The molecule has 7 heteroatoms. The molecular weight excluding hydrogens is 342 g/mol. The van der Waals surface area contributed by atoms with Crippen molar-refractivity contribution >= 4 is 17.2 Å². The summed E-state index contributed by atoms with van der Waals surface area (Å²) < 4.78 is 22.2. The van der Waals surface area contributed by atoms with Gasteiger partial charge in [-0.2, -0.15) is 0 Å². The molecule has 3 heterocycles. The van der Waals surface area contributed by atoms with Gasteiger partial charge < -0.3 is 24.3 Å². The van der Waals surface area contributed by atoms with Crippen molar-refractivity contribution in [1.82, 2.24) is 5.32 Å². The van der Waals surface area contributed by atoms with Gasteiger partial charge in [-0.25, -0.2) is 0 Å². The highest BCUT2D eigenvalue weighted by Gasteiger charge is 2.26. The summed E-state index contributed by atoms with van der Waals surface area (Å²) in [5.41, 5.74) is 1.11. The third-order valence-corrected chi connectivity index (χ3v) is 5.25. The van der Waals surface area contributed by atoms with E-state index in [1.807, 2.05) is 23.6 Å². The average molecular weight is 361 g/mol. The second-order valence-corrected chi connectivity index (χ2v) is 6.87. The number of rotatable bonds is 4. The van der Waals surface area contributed by atoms with Crippen LogP contribution in [-0.4, -0.2) is 39.4 Å². The number of para-hydroxylation sites is 1. The number of fused-ring (bicyclic) bond motifs is 2. The van der Waals surface area contributed by atoms with Gasteiger partial charge in [0.15, 0.2) is 23.0 Å². The second kappa shape index (κ2) is 6.84. The normalized spacial score (nSPS) is 18.0. The molecule has 1 atom stereocenters. The summed E-state index contributed by atoms with van der Waals surface area (Å²) in [7, 11) is 1.64. The summed E-state index contributed by atoms with van der Waals surface area (Å²) in [6.07, 6.45) is 0.842. The van der Waals surface area contributed by atoms with Crippen LogP contribution < -0.4 is 24.3 Å². The number of hydrogen-bond acceptors (Lipinski definition) is 6. The van der Waals surface area contributed by atoms with Gasteiger partial charge in [0, 0.05) is 17.8 Å². The van der Waals surface area contributed by atoms with Crippen molar-refractivity contribution in [3.05, 3.63) is 34.0 Å². The standard InChI is InChI=1S/C18H19NO5S/c1-21-13-4-2-3-12-7-11(9-24-15(12)13)8-19-18(20)17-16-14(10-25-17)22-5-6-23-16/h2-4,10-11H,5-9H2,1H3,(H,19,20)/t11-/m1/s1. The van der Waals surface area contributed by atoms with E-state index in [1.54, 1.807) is 7.11 Å². The Kier molecular flexibility index (Phi) is 4.40. The molecule has 0 spiro atoms. The molecule has 0 saturated carbocycles. The summed E-state index contributed by atoms with van der Waals surface area (Å²) in [4.78, 5) is 13.0. The van der Waals surface area contributed by atoms with Gasteiger partial charge >= 0.3 is 0 Å². The summed E-state index contributed by atoms with van der Waals surface area (Å²) in [5, 5.41) is 4.80. The lowest BCUT2D eigenvalue weighted by Crippen LogP contribution is -2.34. The van der Waals surface area contributed by atoms with Crippen LogP contribution in [0, 0.1) is 5.92 Å². The van der Waals surface area contributed by atoms with Crippen molar-refractivity contribution in [1.29, 1.82) is 0 Å². The molecule has 1 aromatic carbocycles. The Hall–Kier alpha value is -2.41. The Morgan fingerprint density at radius 2 is 2.16 bits per heavy atom. The Morgan fingerprint density at radius 1 is 1.28 bits per heavy atom. The molecule has 1 N–H and O–H groups in total. The van der Waals surface area contributed by atoms with E-state index in [0.29, 0.717) is 42.7 Å². The fourth-order valence-electron chi connectivity index (χ4n) is 3.09. The predicted octanol–water partition coefficient (Wildman–Crippen LogP) is 2.51. The van der Waals surface area contributed by atoms with Crippen LogP contribution >= 0.6 is 11.3 Å². The Bertz CT molecular complexity index is 788. The van der Waals surface area contributed by atoms with Gasteiger partial charge in [0.25, 0.3) is 5.91 Å². The highest BCUT2D eigenvalue weighted by atomic mass is 32.1. The molecule has 132 valence electrons. The topological polar surface area (TPSA) is 66.0 Å². The van der Waals surface area contributed by atoms with E-state index >= 15 is 0 Å². The maximum absolute atomic E-state index is 12.5. The fourth-order valence-corrected chi connectivity index (χ4v) is 3.93. The molecule has 0 bridgehead atoms. The second-order valence-electron chi connectivity index (χ2n) is 5.99. The van der Waals surface area contributed by atoms with Crippen LogP contribution in [0.2, 0.25) is 0 Å². The first kappa shape index (κ1) is 16.1. The van der Waals surface area contributed by atoms with Crippen molar-refractivity contribution in [3.8, 4) is 23.0 Å². The lowest BCUT2D eigenvalue weighted by atomic mass is 9.96. The zero-order valence-corrected chi connectivity index (χ0v) is 14.7. The van der Waals surface area contributed by atoms with E-state index in [4.69, 9.17) is 18.9 Å². The molecule has 2 aliphatic rings. The van der Waals surface area contributed by atoms with Crippen LogP contribution in [0.3, 0.4) is 0 Å². The van der Waals surface area contributed by atoms with Gasteiger partial charge in [-0.05, 0) is 18.1 Å². The molecule has 0 unspecified atom stereocenters. The van der Waals surface area contributed by atoms with Gasteiger partial charge in [-0.3, -0.25) is 4.79 Å². The molecule has 0 saturated heterocycles. The van der Waals surface area contributed by atoms with Crippen LogP contribution in [0.5, 0.6) is 23.0 Å². The number of benzene rings is 1. The number of nitrogens with one attached hydrogen (secondary N) is 1. The third-order valence-electron chi connectivity index (χ3n) is 4.31. The quantitative estimate of drug-likeness (QED) is 0.906. The smallest absolute Gasteiger partial charge is 0.265 e. The summed E-state index contributed by atoms with van der Waals surface area (Å²) >= 11 is 1.34. The molecule has 0 fully saturated rings. The van der Waals surface area contributed by atoms with E-state index < -0.39 is 0 Å². The molecule has 0 aliphatic carbocycles. The van der Waals surface area contributed by atoms with E-state index in [2.05, 4.69) is 5.32 Å². The summed E-state index contributed by atoms with van der Waals surface area (Å²) in [6.45, 7) is 2.09. The zero-order chi connectivity index (χ0) is 17.2. The molecule has 2 aromatic rings. The fraction of sp³-hybridized carbons (Fsp3) is 0.389. The van der Waals surface area contributed by atoms with E-state index in [-0.39, 0.29) is 11.8 Å². The van der Waals surface area contributed by atoms with Crippen LogP contribution in [0.4, 0.5) is 0 Å². The number of methoxy groups -OCH3 is 1. The largest absolute Gasteiger partial charge is 0.493 e. The molecule has 1 aromatic heterocycles. The highest BCUT2D eigenvalue weighted by Crippen LogP contribution is 2.39. The number of ether oxygens (including phenoxy) is 4. The molecule has 2 aliphatic heterocycles. The van der Waals surface area contributed by atoms with Crippen LogP contribution in [-0.2, 0) is 6.42 Å². The van der Waals surface area contributed by atoms with Gasteiger partial charge in [-0.15, -0.1) is 11.3 Å². The van der Waals surface area contributed by atoms with E-state index in [1.165, 1.54) is 11.3 Å². The van der Waals surface area contributed by atoms with Crippen molar-refractivity contribution in [2.75, 3.05) is 33.5 Å². The Morgan fingerprint density at radius 3 is 3.04 bits per heavy atom. The van der Waals surface area contributed by atoms with E-state index in [9.17, 15) is 4.79 Å². The van der Waals surface area contributed by atoms with Crippen molar-refractivity contribution in [3.63, 3.8) is 0 Å². The Balaban J connectivity index is 1.39. The monoisotopic (exact) mass is 361 g/mol. The molecule has 4 rings (SSSR count).